The van der Waals surface area contributed by atoms with Gasteiger partial charge in [-0.1, -0.05) is 17.3 Å². The first-order chi connectivity index (χ1) is 12.0. The van der Waals surface area contributed by atoms with Gasteiger partial charge < -0.3 is 19.7 Å². The number of benzene rings is 1. The SMILES string of the molecule is O=C(N[C@H]1CC[C@@H](C(=O)O)C1)c1cc(COc2ccccc2F)on1. The van der Waals surface area contributed by atoms with Gasteiger partial charge in [-0.2, -0.15) is 0 Å². The third-order valence-corrected chi connectivity index (χ3v) is 4.12. The number of hydrogen-bond donors (Lipinski definition) is 2. The lowest BCUT2D eigenvalue weighted by Crippen LogP contribution is -2.33. The number of carbonyl (C=O) groups is 2. The van der Waals surface area contributed by atoms with E-state index in [1.54, 1.807) is 12.1 Å². The number of aromatic nitrogens is 1. The van der Waals surface area contributed by atoms with Crippen molar-refractivity contribution in [2.45, 2.75) is 31.9 Å². The Bertz CT molecular complexity index is 776. The van der Waals surface area contributed by atoms with Crippen LogP contribution in [0, 0.1) is 11.7 Å². The van der Waals surface area contributed by atoms with Crippen molar-refractivity contribution in [1.82, 2.24) is 10.5 Å². The summed E-state index contributed by atoms with van der Waals surface area (Å²) >= 11 is 0. The Morgan fingerprint density at radius 1 is 1.36 bits per heavy atom. The van der Waals surface area contributed by atoms with E-state index in [9.17, 15) is 14.0 Å². The molecule has 0 radical (unpaired) electrons. The van der Waals surface area contributed by atoms with Crippen molar-refractivity contribution in [2.75, 3.05) is 0 Å². The van der Waals surface area contributed by atoms with Crippen LogP contribution in [0.3, 0.4) is 0 Å². The largest absolute Gasteiger partial charge is 0.482 e. The summed E-state index contributed by atoms with van der Waals surface area (Å²) in [7, 11) is 0. The highest BCUT2D eigenvalue weighted by Gasteiger charge is 2.31. The molecule has 0 bridgehead atoms. The molecule has 8 heteroatoms. The van der Waals surface area contributed by atoms with Crippen LogP contribution in [0.1, 0.15) is 35.5 Å². The molecule has 1 heterocycles. The monoisotopic (exact) mass is 348 g/mol. The molecule has 1 aromatic carbocycles. The summed E-state index contributed by atoms with van der Waals surface area (Å²) in [6.45, 7) is -0.0638. The van der Waals surface area contributed by atoms with Crippen molar-refractivity contribution >= 4 is 11.9 Å². The number of amides is 1. The van der Waals surface area contributed by atoms with E-state index in [0.29, 0.717) is 19.3 Å². The first-order valence-electron chi connectivity index (χ1n) is 7.89. The molecule has 132 valence electrons. The molecule has 2 atom stereocenters. The maximum absolute atomic E-state index is 13.5. The molecular formula is C17H17FN2O5. The van der Waals surface area contributed by atoms with Gasteiger partial charge in [0.2, 0.25) is 0 Å². The van der Waals surface area contributed by atoms with E-state index in [-0.39, 0.29) is 29.9 Å². The molecule has 0 unspecified atom stereocenters. The van der Waals surface area contributed by atoms with Gasteiger partial charge in [-0.25, -0.2) is 4.39 Å². The zero-order chi connectivity index (χ0) is 17.8. The standard InChI is InChI=1S/C17H17FN2O5/c18-13-3-1-2-4-15(13)24-9-12-8-14(20-25-12)16(21)19-11-6-5-10(7-11)17(22)23/h1-4,8,10-11H,5-7,9H2,(H,19,21)(H,22,23)/t10-,11+/m1/s1. The summed E-state index contributed by atoms with van der Waals surface area (Å²) in [5.41, 5.74) is 0.0749. The van der Waals surface area contributed by atoms with Crippen LogP contribution < -0.4 is 10.1 Å². The average molecular weight is 348 g/mol. The molecular weight excluding hydrogens is 331 g/mol. The summed E-state index contributed by atoms with van der Waals surface area (Å²) in [4.78, 5) is 23.1. The Labute approximate surface area is 142 Å². The molecule has 2 N–H and O–H groups in total. The number of para-hydroxylation sites is 1. The predicted molar refractivity (Wildman–Crippen MR) is 83.5 cm³/mol. The van der Waals surface area contributed by atoms with Crippen LogP contribution in [0.15, 0.2) is 34.9 Å². The second-order valence-corrected chi connectivity index (χ2v) is 5.92. The number of halogens is 1. The molecule has 1 aliphatic carbocycles. The van der Waals surface area contributed by atoms with Crippen molar-refractivity contribution < 1.29 is 28.3 Å². The number of carbonyl (C=O) groups excluding carboxylic acids is 1. The molecule has 25 heavy (non-hydrogen) atoms. The molecule has 1 saturated carbocycles. The van der Waals surface area contributed by atoms with E-state index in [1.807, 2.05) is 0 Å². The third-order valence-electron chi connectivity index (χ3n) is 4.12. The number of aliphatic carboxylic acids is 1. The van der Waals surface area contributed by atoms with Crippen molar-refractivity contribution in [3.05, 3.63) is 47.6 Å². The van der Waals surface area contributed by atoms with Crippen molar-refractivity contribution in [3.63, 3.8) is 0 Å². The van der Waals surface area contributed by atoms with Crippen LogP contribution in [0.5, 0.6) is 5.75 Å². The number of nitrogens with zero attached hydrogens (tertiary/aromatic N) is 1. The number of nitrogens with one attached hydrogen (secondary N) is 1. The predicted octanol–water partition coefficient (Wildman–Crippen LogP) is 2.38. The molecule has 1 amide bonds. The lowest BCUT2D eigenvalue weighted by molar-refractivity contribution is -0.141. The number of carboxylic acid groups (broad SMARTS) is 1. The van der Waals surface area contributed by atoms with E-state index in [0.717, 1.165) is 0 Å². The number of rotatable bonds is 6. The normalized spacial score (nSPS) is 19.6. The van der Waals surface area contributed by atoms with Crippen molar-refractivity contribution in [3.8, 4) is 5.75 Å². The van der Waals surface area contributed by atoms with E-state index in [1.165, 1.54) is 18.2 Å². The quantitative estimate of drug-likeness (QED) is 0.831. The highest BCUT2D eigenvalue weighted by molar-refractivity contribution is 5.92. The van der Waals surface area contributed by atoms with Gasteiger partial charge >= 0.3 is 5.97 Å². The Balaban J connectivity index is 1.53. The van der Waals surface area contributed by atoms with Gasteiger partial charge in [-0.05, 0) is 31.4 Å². The minimum absolute atomic E-state index is 0.0638. The van der Waals surface area contributed by atoms with Crippen LogP contribution in [0.25, 0.3) is 0 Å². The topological polar surface area (TPSA) is 102 Å². The Morgan fingerprint density at radius 3 is 2.88 bits per heavy atom. The summed E-state index contributed by atoms with van der Waals surface area (Å²) in [5.74, 6) is -1.83. The Morgan fingerprint density at radius 2 is 2.16 bits per heavy atom. The number of hydrogen-bond acceptors (Lipinski definition) is 5. The molecule has 3 rings (SSSR count). The summed E-state index contributed by atoms with van der Waals surface area (Å²) in [6, 6.07) is 7.18. The summed E-state index contributed by atoms with van der Waals surface area (Å²) in [6.07, 6.45) is 1.56. The second kappa shape index (κ2) is 7.33. The fourth-order valence-electron chi connectivity index (χ4n) is 2.79. The van der Waals surface area contributed by atoms with E-state index in [4.69, 9.17) is 14.4 Å². The first-order valence-corrected chi connectivity index (χ1v) is 7.89. The minimum atomic E-state index is -0.842. The summed E-state index contributed by atoms with van der Waals surface area (Å²) in [5, 5.41) is 15.4. The van der Waals surface area contributed by atoms with Gasteiger partial charge in [-0.15, -0.1) is 0 Å². The smallest absolute Gasteiger partial charge is 0.306 e. The lowest BCUT2D eigenvalue weighted by atomic mass is 10.1. The van der Waals surface area contributed by atoms with E-state index >= 15 is 0 Å². The molecule has 0 saturated heterocycles. The molecule has 0 aliphatic heterocycles. The van der Waals surface area contributed by atoms with Crippen LogP contribution in [0.2, 0.25) is 0 Å². The molecule has 1 fully saturated rings. The minimum Gasteiger partial charge on any atom is -0.482 e. The van der Waals surface area contributed by atoms with Crippen LogP contribution in [-0.4, -0.2) is 28.2 Å². The fourth-order valence-corrected chi connectivity index (χ4v) is 2.79. The summed E-state index contributed by atoms with van der Waals surface area (Å²) < 4.78 is 23.8. The Kier molecular flexibility index (Phi) is 4.97. The second-order valence-electron chi connectivity index (χ2n) is 5.92. The number of carboxylic acids is 1. The van der Waals surface area contributed by atoms with Crippen LogP contribution in [-0.2, 0) is 11.4 Å². The molecule has 7 nitrogen and oxygen atoms in total. The van der Waals surface area contributed by atoms with Crippen LogP contribution in [0.4, 0.5) is 4.39 Å². The maximum atomic E-state index is 13.5. The maximum Gasteiger partial charge on any atom is 0.306 e. The van der Waals surface area contributed by atoms with Gasteiger partial charge in [0.25, 0.3) is 5.91 Å². The third kappa shape index (κ3) is 4.14. The highest BCUT2D eigenvalue weighted by atomic mass is 19.1. The average Bonchev–Trinajstić information content (AvgIpc) is 3.23. The molecule has 2 aromatic rings. The van der Waals surface area contributed by atoms with Crippen LogP contribution >= 0.6 is 0 Å². The Hall–Kier alpha value is -2.90. The highest BCUT2D eigenvalue weighted by Crippen LogP contribution is 2.26. The van der Waals surface area contributed by atoms with Gasteiger partial charge in [0, 0.05) is 12.1 Å². The molecule has 0 spiro atoms. The first kappa shape index (κ1) is 16.9. The van der Waals surface area contributed by atoms with Gasteiger partial charge in [0.1, 0.15) is 6.61 Å². The lowest BCUT2D eigenvalue weighted by Gasteiger charge is -2.10. The molecule has 1 aliphatic rings. The van der Waals surface area contributed by atoms with E-state index < -0.39 is 23.6 Å². The van der Waals surface area contributed by atoms with Gasteiger partial charge in [0.05, 0.1) is 5.92 Å². The number of ether oxygens (including phenoxy) is 1. The fraction of sp³-hybridized carbons (Fsp3) is 0.353. The van der Waals surface area contributed by atoms with Crippen molar-refractivity contribution in [1.29, 1.82) is 0 Å². The zero-order valence-electron chi connectivity index (χ0n) is 13.3. The van der Waals surface area contributed by atoms with E-state index in [2.05, 4.69) is 10.5 Å². The van der Waals surface area contributed by atoms with Gasteiger partial charge in [-0.3, -0.25) is 9.59 Å². The molecule has 1 aromatic heterocycles. The van der Waals surface area contributed by atoms with Crippen molar-refractivity contribution in [2.24, 2.45) is 5.92 Å². The van der Waals surface area contributed by atoms with Gasteiger partial charge in [0.15, 0.2) is 23.0 Å². The zero-order valence-corrected chi connectivity index (χ0v) is 13.3.